The van der Waals surface area contributed by atoms with Crippen molar-refractivity contribution in [2.24, 2.45) is 10.9 Å². The third-order valence-corrected chi connectivity index (χ3v) is 3.23. The summed E-state index contributed by atoms with van der Waals surface area (Å²) in [6.07, 6.45) is 2.80. The highest BCUT2D eigenvalue weighted by Crippen LogP contribution is 2.16. The number of nitrogens with zero attached hydrogens (tertiary/aromatic N) is 1. The molecule has 0 saturated carbocycles. The van der Waals surface area contributed by atoms with E-state index < -0.39 is 5.97 Å². The lowest BCUT2D eigenvalue weighted by Crippen LogP contribution is -2.14. The van der Waals surface area contributed by atoms with Crippen LogP contribution >= 0.6 is 11.6 Å². The largest absolute Gasteiger partial charge is 0.380 e. The van der Waals surface area contributed by atoms with E-state index in [1.807, 2.05) is 43.3 Å². The van der Waals surface area contributed by atoms with Crippen LogP contribution in [0.15, 0.2) is 59.8 Å². The van der Waals surface area contributed by atoms with Gasteiger partial charge in [-0.2, -0.15) is 0 Å². The normalized spacial score (nSPS) is 11.6. The van der Waals surface area contributed by atoms with Crippen molar-refractivity contribution in [3.63, 3.8) is 0 Å². The van der Waals surface area contributed by atoms with Crippen molar-refractivity contribution in [2.45, 2.75) is 6.92 Å². The molecule has 2 aromatic rings. The molecule has 4 nitrogen and oxygen atoms in total. The molecule has 2 aromatic carbocycles. The van der Waals surface area contributed by atoms with Gasteiger partial charge in [-0.05, 0) is 24.6 Å². The molecule has 22 heavy (non-hydrogen) atoms. The third-order valence-electron chi connectivity index (χ3n) is 2.89. The Bertz CT molecular complexity index is 722. The molecule has 0 aliphatic rings. The van der Waals surface area contributed by atoms with Crippen LogP contribution in [0, 0.1) is 6.92 Å². The van der Waals surface area contributed by atoms with E-state index in [2.05, 4.69) is 5.16 Å². The lowest BCUT2D eigenvalue weighted by atomic mass is 10.1. The van der Waals surface area contributed by atoms with Gasteiger partial charge in [0.1, 0.15) is 0 Å². The van der Waals surface area contributed by atoms with E-state index in [4.69, 9.17) is 22.2 Å². The number of amidine groups is 1. The first-order valence-corrected chi connectivity index (χ1v) is 6.98. The lowest BCUT2D eigenvalue weighted by molar-refractivity contribution is -0.137. The molecular weight excluding hydrogens is 300 g/mol. The van der Waals surface area contributed by atoms with Crippen molar-refractivity contribution in [2.75, 3.05) is 0 Å². The highest BCUT2D eigenvalue weighted by atomic mass is 35.5. The van der Waals surface area contributed by atoms with Gasteiger partial charge in [-0.3, -0.25) is 0 Å². The smallest absolute Gasteiger partial charge is 0.358 e. The molecule has 0 fully saturated rings. The number of hydrogen-bond donors (Lipinski definition) is 1. The summed E-state index contributed by atoms with van der Waals surface area (Å²) in [5, 5.41) is 4.17. The zero-order valence-corrected chi connectivity index (χ0v) is 12.7. The Labute approximate surface area is 133 Å². The minimum atomic E-state index is -0.630. The summed E-state index contributed by atoms with van der Waals surface area (Å²) in [6, 6.07) is 14.6. The maximum atomic E-state index is 11.6. The van der Waals surface area contributed by atoms with Crippen LogP contribution in [0.2, 0.25) is 5.02 Å². The lowest BCUT2D eigenvalue weighted by Gasteiger charge is -2.00. The first-order valence-electron chi connectivity index (χ1n) is 6.60. The SMILES string of the molecule is Cc1ccc(/C(N)=N\OC(=O)/C=C/c2ccccc2Cl)cc1. The molecule has 0 heterocycles. The van der Waals surface area contributed by atoms with Crippen LogP contribution in [-0.4, -0.2) is 11.8 Å². The predicted octanol–water partition coefficient (Wildman–Crippen LogP) is 3.53. The van der Waals surface area contributed by atoms with Gasteiger partial charge in [0.05, 0.1) is 0 Å². The summed E-state index contributed by atoms with van der Waals surface area (Å²) in [5.74, 6) is -0.491. The third kappa shape index (κ3) is 4.46. The Hall–Kier alpha value is -2.59. The molecule has 0 aliphatic carbocycles. The fourth-order valence-electron chi connectivity index (χ4n) is 1.67. The van der Waals surface area contributed by atoms with Gasteiger partial charge in [0.25, 0.3) is 0 Å². The molecular formula is C17H15ClN2O2. The van der Waals surface area contributed by atoms with Gasteiger partial charge in [0.15, 0.2) is 5.84 Å². The second-order valence-electron chi connectivity index (χ2n) is 4.61. The number of rotatable bonds is 4. The van der Waals surface area contributed by atoms with Crippen LogP contribution in [0.3, 0.4) is 0 Å². The number of oxime groups is 1. The van der Waals surface area contributed by atoms with Gasteiger partial charge >= 0.3 is 5.97 Å². The number of benzene rings is 2. The Morgan fingerprint density at radius 2 is 1.86 bits per heavy atom. The van der Waals surface area contributed by atoms with Crippen LogP contribution in [0.5, 0.6) is 0 Å². The van der Waals surface area contributed by atoms with E-state index >= 15 is 0 Å². The second kappa shape index (κ2) is 7.43. The van der Waals surface area contributed by atoms with Gasteiger partial charge in [0, 0.05) is 16.7 Å². The molecule has 0 atom stereocenters. The number of halogens is 1. The van der Waals surface area contributed by atoms with E-state index in [1.165, 1.54) is 6.08 Å². The van der Waals surface area contributed by atoms with Crippen LogP contribution in [0.4, 0.5) is 0 Å². The number of carbonyl (C=O) groups excluding carboxylic acids is 1. The summed E-state index contributed by atoms with van der Waals surface area (Å²) in [4.78, 5) is 16.3. The average molecular weight is 315 g/mol. The van der Waals surface area contributed by atoms with Gasteiger partial charge < -0.3 is 10.6 Å². The minimum absolute atomic E-state index is 0.138. The van der Waals surface area contributed by atoms with Crippen LogP contribution in [0.25, 0.3) is 6.08 Å². The summed E-state index contributed by atoms with van der Waals surface area (Å²) in [7, 11) is 0. The van der Waals surface area contributed by atoms with E-state index in [1.54, 1.807) is 18.2 Å². The molecule has 0 radical (unpaired) electrons. The van der Waals surface area contributed by atoms with Crippen molar-refractivity contribution in [3.8, 4) is 0 Å². The van der Waals surface area contributed by atoms with Crippen molar-refractivity contribution >= 4 is 29.5 Å². The van der Waals surface area contributed by atoms with Gasteiger partial charge in [-0.25, -0.2) is 4.79 Å². The van der Waals surface area contributed by atoms with E-state index in [0.717, 1.165) is 11.1 Å². The van der Waals surface area contributed by atoms with E-state index in [-0.39, 0.29) is 5.84 Å². The standard InChI is InChI=1S/C17H15ClN2O2/c1-12-6-8-14(9-7-12)17(19)20-22-16(21)11-10-13-4-2-3-5-15(13)18/h2-11H,1H3,(H2,19,20)/b11-10+. The molecule has 5 heteroatoms. The molecule has 0 saturated heterocycles. The summed E-state index contributed by atoms with van der Waals surface area (Å²) < 4.78 is 0. The van der Waals surface area contributed by atoms with Gasteiger partial charge in [-0.15, -0.1) is 0 Å². The number of carbonyl (C=O) groups is 1. The second-order valence-corrected chi connectivity index (χ2v) is 5.01. The maximum absolute atomic E-state index is 11.6. The predicted molar refractivity (Wildman–Crippen MR) is 88.5 cm³/mol. The first-order chi connectivity index (χ1) is 10.6. The van der Waals surface area contributed by atoms with Gasteiger partial charge in [0.2, 0.25) is 0 Å². The molecule has 0 unspecified atom stereocenters. The molecule has 0 aromatic heterocycles. The summed E-state index contributed by atoms with van der Waals surface area (Å²) in [5.41, 5.74) is 8.27. The van der Waals surface area contributed by atoms with Crippen molar-refractivity contribution < 1.29 is 9.63 Å². The molecule has 2 N–H and O–H groups in total. The van der Waals surface area contributed by atoms with Gasteiger partial charge in [-0.1, -0.05) is 64.8 Å². The Balaban J connectivity index is 1.99. The first kappa shape index (κ1) is 15.8. The van der Waals surface area contributed by atoms with Crippen LogP contribution < -0.4 is 5.73 Å². The molecule has 112 valence electrons. The Morgan fingerprint density at radius 3 is 2.55 bits per heavy atom. The summed E-state index contributed by atoms with van der Waals surface area (Å²) >= 11 is 5.98. The van der Waals surface area contributed by atoms with Crippen molar-refractivity contribution in [1.29, 1.82) is 0 Å². The average Bonchev–Trinajstić information content (AvgIpc) is 2.52. The molecule has 2 rings (SSSR count). The highest BCUT2D eigenvalue weighted by molar-refractivity contribution is 6.32. The minimum Gasteiger partial charge on any atom is -0.380 e. The number of hydrogen-bond acceptors (Lipinski definition) is 3. The quantitative estimate of drug-likeness (QED) is 0.309. The van der Waals surface area contributed by atoms with Crippen LogP contribution in [-0.2, 0) is 9.63 Å². The van der Waals surface area contributed by atoms with E-state index in [0.29, 0.717) is 10.6 Å². The molecule has 0 amide bonds. The van der Waals surface area contributed by atoms with Crippen LogP contribution in [0.1, 0.15) is 16.7 Å². The fraction of sp³-hybridized carbons (Fsp3) is 0.0588. The zero-order valence-electron chi connectivity index (χ0n) is 12.0. The van der Waals surface area contributed by atoms with Crippen molar-refractivity contribution in [1.82, 2.24) is 0 Å². The summed E-state index contributed by atoms with van der Waals surface area (Å²) in [6.45, 7) is 1.97. The zero-order chi connectivity index (χ0) is 15.9. The monoisotopic (exact) mass is 314 g/mol. The Morgan fingerprint density at radius 1 is 1.18 bits per heavy atom. The topological polar surface area (TPSA) is 64.7 Å². The fourth-order valence-corrected chi connectivity index (χ4v) is 1.87. The number of aryl methyl sites for hydroxylation is 1. The van der Waals surface area contributed by atoms with E-state index in [9.17, 15) is 4.79 Å². The molecule has 0 aliphatic heterocycles. The molecule has 0 bridgehead atoms. The molecule has 0 spiro atoms. The Kier molecular flexibility index (Phi) is 5.33. The highest BCUT2D eigenvalue weighted by Gasteiger charge is 2.02. The maximum Gasteiger partial charge on any atom is 0.358 e. The van der Waals surface area contributed by atoms with Crippen molar-refractivity contribution in [3.05, 3.63) is 76.3 Å². The number of nitrogens with two attached hydrogens (primary N) is 1.